The van der Waals surface area contributed by atoms with Crippen LogP contribution in [-0.2, 0) is 16.1 Å². The predicted octanol–water partition coefficient (Wildman–Crippen LogP) is 2.24. The van der Waals surface area contributed by atoms with Crippen molar-refractivity contribution in [3.8, 4) is 5.75 Å². The summed E-state index contributed by atoms with van der Waals surface area (Å²) in [6.45, 7) is 1.87. The molecule has 0 aromatic heterocycles. The van der Waals surface area contributed by atoms with Crippen molar-refractivity contribution >= 4 is 5.97 Å². The van der Waals surface area contributed by atoms with Gasteiger partial charge in [-0.15, -0.1) is 0 Å². The highest BCUT2D eigenvalue weighted by atomic mass is 19.4. The van der Waals surface area contributed by atoms with E-state index in [9.17, 15) is 22.7 Å². The number of aromatic hydroxyl groups is 1. The maximum atomic E-state index is 12.9. The van der Waals surface area contributed by atoms with E-state index in [1.807, 2.05) is 11.9 Å². The number of hydrogen-bond acceptors (Lipinski definition) is 4. The zero-order valence-corrected chi connectivity index (χ0v) is 12.0. The van der Waals surface area contributed by atoms with Gasteiger partial charge in [-0.3, -0.25) is 4.90 Å². The lowest BCUT2D eigenvalue weighted by Crippen LogP contribution is -2.22. The van der Waals surface area contributed by atoms with Crippen molar-refractivity contribution in [3.63, 3.8) is 0 Å². The first-order valence-corrected chi connectivity index (χ1v) is 6.03. The molecule has 0 amide bonds. The molecule has 1 aromatic carbocycles. The maximum absolute atomic E-state index is 12.9. The standard InChI is InChI=1S/C11H16FNO2.C2HF3O2/c1-13(5-6-15-2)8-9-7-10(12)3-4-11(9)14;3-2(4,5)1(6)7/h3-4,7,14H,5-6,8H2,1-2H3;(H,6,7). The minimum Gasteiger partial charge on any atom is -0.508 e. The smallest absolute Gasteiger partial charge is 0.490 e. The fourth-order valence-electron chi connectivity index (χ4n) is 1.30. The molecule has 0 saturated heterocycles. The lowest BCUT2D eigenvalue weighted by Gasteiger charge is -2.16. The number of nitrogens with zero attached hydrogens (tertiary/aromatic N) is 1. The van der Waals surface area contributed by atoms with E-state index in [0.717, 1.165) is 6.54 Å². The minimum atomic E-state index is -5.08. The summed E-state index contributed by atoms with van der Waals surface area (Å²) in [5.74, 6) is -2.96. The van der Waals surface area contributed by atoms with Gasteiger partial charge in [-0.2, -0.15) is 13.2 Å². The maximum Gasteiger partial charge on any atom is 0.490 e. The summed E-state index contributed by atoms with van der Waals surface area (Å²) >= 11 is 0. The van der Waals surface area contributed by atoms with Gasteiger partial charge in [-0.05, 0) is 25.2 Å². The van der Waals surface area contributed by atoms with Crippen molar-refractivity contribution in [2.75, 3.05) is 27.3 Å². The zero-order valence-electron chi connectivity index (χ0n) is 12.0. The van der Waals surface area contributed by atoms with Crippen molar-refractivity contribution in [2.45, 2.75) is 12.7 Å². The molecule has 126 valence electrons. The Balaban J connectivity index is 0.000000534. The number of hydrogen-bond donors (Lipinski definition) is 2. The summed E-state index contributed by atoms with van der Waals surface area (Å²) in [6.07, 6.45) is -5.08. The number of benzene rings is 1. The second kappa shape index (κ2) is 9.21. The first kappa shape index (κ1) is 20.1. The summed E-state index contributed by atoms with van der Waals surface area (Å²) in [5, 5.41) is 16.6. The molecule has 0 bridgehead atoms. The Hall–Kier alpha value is -1.87. The molecule has 0 radical (unpaired) electrons. The van der Waals surface area contributed by atoms with Gasteiger partial charge in [0.15, 0.2) is 0 Å². The third-order valence-corrected chi connectivity index (χ3v) is 2.40. The molecule has 1 rings (SSSR count). The van der Waals surface area contributed by atoms with Crippen molar-refractivity contribution < 1.29 is 37.3 Å². The van der Waals surface area contributed by atoms with Gasteiger partial charge >= 0.3 is 12.1 Å². The molecule has 0 fully saturated rings. The number of carboxylic acid groups (broad SMARTS) is 1. The first-order chi connectivity index (χ1) is 10.1. The van der Waals surface area contributed by atoms with E-state index in [1.54, 1.807) is 7.11 Å². The van der Waals surface area contributed by atoms with Crippen LogP contribution in [0.3, 0.4) is 0 Å². The number of carboxylic acids is 1. The van der Waals surface area contributed by atoms with E-state index in [4.69, 9.17) is 14.6 Å². The van der Waals surface area contributed by atoms with Crippen LogP contribution in [-0.4, -0.2) is 54.6 Å². The highest BCUT2D eigenvalue weighted by Gasteiger charge is 2.38. The van der Waals surface area contributed by atoms with Gasteiger partial charge in [0.2, 0.25) is 0 Å². The number of ether oxygens (including phenoxy) is 1. The van der Waals surface area contributed by atoms with Gasteiger partial charge in [-0.25, -0.2) is 9.18 Å². The van der Waals surface area contributed by atoms with Crippen LogP contribution in [0.4, 0.5) is 17.6 Å². The molecule has 0 spiro atoms. The van der Waals surface area contributed by atoms with E-state index >= 15 is 0 Å². The predicted molar refractivity (Wildman–Crippen MR) is 70.0 cm³/mol. The topological polar surface area (TPSA) is 70.0 Å². The molecule has 0 unspecified atom stereocenters. The van der Waals surface area contributed by atoms with Crippen LogP contribution in [0.25, 0.3) is 0 Å². The van der Waals surface area contributed by atoms with Gasteiger partial charge in [0.25, 0.3) is 0 Å². The van der Waals surface area contributed by atoms with E-state index in [-0.39, 0.29) is 11.6 Å². The fraction of sp³-hybridized carbons (Fsp3) is 0.462. The molecule has 1 aromatic rings. The molecule has 0 saturated carbocycles. The number of likely N-dealkylation sites (N-methyl/N-ethyl adjacent to an activating group) is 1. The van der Waals surface area contributed by atoms with E-state index in [2.05, 4.69) is 0 Å². The quantitative estimate of drug-likeness (QED) is 0.812. The van der Waals surface area contributed by atoms with E-state index in [1.165, 1.54) is 18.2 Å². The Morgan fingerprint density at radius 1 is 1.36 bits per heavy atom. The largest absolute Gasteiger partial charge is 0.508 e. The lowest BCUT2D eigenvalue weighted by molar-refractivity contribution is -0.192. The second-order valence-corrected chi connectivity index (χ2v) is 4.31. The molecule has 0 aliphatic rings. The van der Waals surface area contributed by atoms with Crippen molar-refractivity contribution in [2.24, 2.45) is 0 Å². The monoisotopic (exact) mass is 327 g/mol. The molecule has 0 aliphatic carbocycles. The molecule has 9 heteroatoms. The summed E-state index contributed by atoms with van der Waals surface area (Å²) in [4.78, 5) is 10.9. The summed E-state index contributed by atoms with van der Waals surface area (Å²) in [5.41, 5.74) is 0.591. The van der Waals surface area contributed by atoms with Crippen LogP contribution in [0, 0.1) is 5.82 Å². The third-order valence-electron chi connectivity index (χ3n) is 2.40. The highest BCUT2D eigenvalue weighted by Crippen LogP contribution is 2.19. The fourth-order valence-corrected chi connectivity index (χ4v) is 1.30. The zero-order chi connectivity index (χ0) is 17.3. The number of phenols is 1. The van der Waals surface area contributed by atoms with Crippen molar-refractivity contribution in [3.05, 3.63) is 29.6 Å². The van der Waals surface area contributed by atoms with Crippen molar-refractivity contribution in [1.29, 1.82) is 0 Å². The number of alkyl halides is 3. The number of carbonyl (C=O) groups is 1. The molecule has 0 atom stereocenters. The van der Waals surface area contributed by atoms with Crippen LogP contribution in [0.15, 0.2) is 18.2 Å². The van der Waals surface area contributed by atoms with Gasteiger partial charge in [0.1, 0.15) is 11.6 Å². The average molecular weight is 327 g/mol. The lowest BCUT2D eigenvalue weighted by atomic mass is 10.2. The van der Waals surface area contributed by atoms with E-state index in [0.29, 0.717) is 18.7 Å². The first-order valence-electron chi connectivity index (χ1n) is 6.03. The molecule has 5 nitrogen and oxygen atoms in total. The average Bonchev–Trinajstić information content (AvgIpc) is 2.40. The molecule has 0 aliphatic heterocycles. The highest BCUT2D eigenvalue weighted by molar-refractivity contribution is 5.73. The Labute approximate surface area is 124 Å². The third kappa shape index (κ3) is 8.42. The summed E-state index contributed by atoms with van der Waals surface area (Å²) in [7, 11) is 3.52. The van der Waals surface area contributed by atoms with Crippen LogP contribution in [0.1, 0.15) is 5.56 Å². The second-order valence-electron chi connectivity index (χ2n) is 4.31. The minimum absolute atomic E-state index is 0.126. The Morgan fingerprint density at radius 2 is 1.91 bits per heavy atom. The van der Waals surface area contributed by atoms with Crippen LogP contribution < -0.4 is 0 Å². The number of methoxy groups -OCH3 is 1. The molecular formula is C13H17F4NO4. The summed E-state index contributed by atoms with van der Waals surface area (Å²) in [6, 6.07) is 3.96. The van der Waals surface area contributed by atoms with Crippen LogP contribution in [0.2, 0.25) is 0 Å². The number of aliphatic carboxylic acids is 1. The molecule has 2 N–H and O–H groups in total. The van der Waals surface area contributed by atoms with E-state index < -0.39 is 12.1 Å². The Bertz CT molecular complexity index is 480. The van der Waals surface area contributed by atoms with Crippen molar-refractivity contribution in [1.82, 2.24) is 4.90 Å². The molecular weight excluding hydrogens is 310 g/mol. The SMILES string of the molecule is COCCN(C)Cc1cc(F)ccc1O.O=C(O)C(F)(F)F. The van der Waals surface area contributed by atoms with Crippen LogP contribution >= 0.6 is 0 Å². The van der Waals surface area contributed by atoms with Gasteiger partial charge in [0.05, 0.1) is 6.61 Å². The van der Waals surface area contributed by atoms with Gasteiger partial charge in [0, 0.05) is 25.8 Å². The van der Waals surface area contributed by atoms with Crippen LogP contribution in [0.5, 0.6) is 5.75 Å². The Morgan fingerprint density at radius 3 is 2.36 bits per heavy atom. The van der Waals surface area contributed by atoms with Gasteiger partial charge in [-0.1, -0.05) is 0 Å². The Kier molecular flexibility index (Phi) is 8.43. The normalized spacial score (nSPS) is 11.0. The molecule has 0 heterocycles. The summed E-state index contributed by atoms with van der Waals surface area (Å²) < 4.78 is 49.6. The number of rotatable bonds is 5. The van der Waals surface area contributed by atoms with Gasteiger partial charge < -0.3 is 14.9 Å². The number of halogens is 4. The number of phenolic OH excluding ortho intramolecular Hbond substituents is 1. The molecule has 22 heavy (non-hydrogen) atoms.